The quantitative estimate of drug-likeness (QED) is 0.417. The summed E-state index contributed by atoms with van der Waals surface area (Å²) in [6.45, 7) is 10.6. The molecule has 1 aromatic heterocycles. The highest BCUT2D eigenvalue weighted by Crippen LogP contribution is 2.17. The maximum Gasteiger partial charge on any atom is 0.191 e. The highest BCUT2D eigenvalue weighted by molar-refractivity contribution is 5.79. The minimum absolute atomic E-state index is 0.870. The summed E-state index contributed by atoms with van der Waals surface area (Å²) >= 11 is 0. The van der Waals surface area contributed by atoms with Gasteiger partial charge in [0, 0.05) is 70.9 Å². The van der Waals surface area contributed by atoms with Gasteiger partial charge in [-0.2, -0.15) is 0 Å². The number of aromatic nitrogens is 1. The van der Waals surface area contributed by atoms with Crippen LogP contribution in [0, 0.1) is 6.92 Å². The second kappa shape index (κ2) is 10.8. The third-order valence-electron chi connectivity index (χ3n) is 5.23. The molecule has 0 spiro atoms. The van der Waals surface area contributed by atoms with Crippen LogP contribution in [-0.4, -0.2) is 68.3 Å². The Morgan fingerprint density at radius 3 is 2.43 bits per heavy atom. The highest BCUT2D eigenvalue weighted by Gasteiger charge is 2.16. The lowest BCUT2D eigenvalue weighted by Crippen LogP contribution is -2.47. The van der Waals surface area contributed by atoms with Crippen LogP contribution in [0.2, 0.25) is 0 Å². The van der Waals surface area contributed by atoms with Crippen molar-refractivity contribution in [1.82, 2.24) is 20.1 Å². The minimum Gasteiger partial charge on any atom is -0.369 e. The third kappa shape index (κ3) is 6.30. The van der Waals surface area contributed by atoms with Crippen molar-refractivity contribution in [2.24, 2.45) is 4.99 Å². The SMILES string of the molecule is CN=C(NCCCN1CCN(c2cccc(C)c2)CC1)NCCn1cccc1. The summed E-state index contributed by atoms with van der Waals surface area (Å²) in [5.41, 5.74) is 2.69. The van der Waals surface area contributed by atoms with E-state index in [1.165, 1.54) is 11.3 Å². The predicted octanol–water partition coefficient (Wildman–Crippen LogP) is 2.17. The summed E-state index contributed by atoms with van der Waals surface area (Å²) in [5.74, 6) is 0.886. The Kier molecular flexibility index (Phi) is 7.79. The van der Waals surface area contributed by atoms with Gasteiger partial charge in [-0.1, -0.05) is 12.1 Å². The predicted molar refractivity (Wildman–Crippen MR) is 118 cm³/mol. The van der Waals surface area contributed by atoms with Crippen LogP contribution in [-0.2, 0) is 6.54 Å². The monoisotopic (exact) mass is 382 g/mol. The van der Waals surface area contributed by atoms with Crippen LogP contribution in [0.5, 0.6) is 0 Å². The van der Waals surface area contributed by atoms with Gasteiger partial charge in [0.1, 0.15) is 0 Å². The molecule has 1 saturated heterocycles. The molecule has 6 heteroatoms. The van der Waals surface area contributed by atoms with Crippen LogP contribution >= 0.6 is 0 Å². The van der Waals surface area contributed by atoms with Crippen molar-refractivity contribution in [3.8, 4) is 0 Å². The molecule has 2 heterocycles. The van der Waals surface area contributed by atoms with Gasteiger partial charge in [0.15, 0.2) is 5.96 Å². The largest absolute Gasteiger partial charge is 0.369 e. The fourth-order valence-electron chi connectivity index (χ4n) is 3.61. The number of hydrogen-bond donors (Lipinski definition) is 2. The Bertz CT molecular complexity index is 716. The third-order valence-corrected chi connectivity index (χ3v) is 5.23. The van der Waals surface area contributed by atoms with Gasteiger partial charge in [0.25, 0.3) is 0 Å². The van der Waals surface area contributed by atoms with Crippen LogP contribution in [0.4, 0.5) is 5.69 Å². The molecule has 2 aromatic rings. The normalized spacial score (nSPS) is 15.6. The van der Waals surface area contributed by atoms with Crippen molar-refractivity contribution in [2.45, 2.75) is 19.9 Å². The molecular weight excluding hydrogens is 348 g/mol. The molecule has 1 aliphatic heterocycles. The van der Waals surface area contributed by atoms with Crippen molar-refractivity contribution >= 4 is 11.6 Å². The molecule has 0 amide bonds. The number of benzene rings is 1. The molecule has 1 fully saturated rings. The first-order valence-electron chi connectivity index (χ1n) is 10.3. The molecule has 1 aliphatic rings. The molecule has 2 N–H and O–H groups in total. The van der Waals surface area contributed by atoms with E-state index in [0.29, 0.717) is 0 Å². The number of hydrogen-bond acceptors (Lipinski definition) is 3. The first-order chi connectivity index (χ1) is 13.7. The summed E-state index contributed by atoms with van der Waals surface area (Å²) in [7, 11) is 1.83. The smallest absolute Gasteiger partial charge is 0.191 e. The fraction of sp³-hybridized carbons (Fsp3) is 0.500. The van der Waals surface area contributed by atoms with Crippen LogP contribution < -0.4 is 15.5 Å². The van der Waals surface area contributed by atoms with Crippen molar-refractivity contribution in [3.63, 3.8) is 0 Å². The Labute approximate surface area is 169 Å². The molecule has 28 heavy (non-hydrogen) atoms. The lowest BCUT2D eigenvalue weighted by Gasteiger charge is -2.36. The fourth-order valence-corrected chi connectivity index (χ4v) is 3.61. The van der Waals surface area contributed by atoms with Gasteiger partial charge in [0.05, 0.1) is 0 Å². The van der Waals surface area contributed by atoms with Crippen LogP contribution in [0.3, 0.4) is 0 Å². The number of nitrogens with zero attached hydrogens (tertiary/aromatic N) is 4. The van der Waals surface area contributed by atoms with Crippen LogP contribution in [0.15, 0.2) is 53.8 Å². The standard InChI is InChI=1S/C22H34N6/c1-20-7-5-8-21(19-20)28-17-15-27(16-18-28)13-6-9-24-22(23-2)25-10-14-26-11-3-4-12-26/h3-5,7-8,11-12,19H,6,9-10,13-18H2,1-2H3,(H2,23,24,25). The maximum atomic E-state index is 4.31. The minimum atomic E-state index is 0.870. The average Bonchev–Trinajstić information content (AvgIpc) is 3.24. The average molecular weight is 383 g/mol. The maximum absolute atomic E-state index is 4.31. The number of anilines is 1. The summed E-state index contributed by atoms with van der Waals surface area (Å²) in [4.78, 5) is 9.37. The molecule has 0 bridgehead atoms. The summed E-state index contributed by atoms with van der Waals surface area (Å²) < 4.78 is 2.16. The summed E-state index contributed by atoms with van der Waals surface area (Å²) in [6, 6.07) is 12.9. The van der Waals surface area contributed by atoms with E-state index in [1.807, 2.05) is 19.2 Å². The van der Waals surface area contributed by atoms with Gasteiger partial charge in [-0.3, -0.25) is 9.89 Å². The molecule has 1 aromatic carbocycles. The molecular formula is C22H34N6. The second-order valence-electron chi connectivity index (χ2n) is 7.37. The lowest BCUT2D eigenvalue weighted by atomic mass is 10.2. The van der Waals surface area contributed by atoms with E-state index in [1.54, 1.807) is 0 Å². The summed E-state index contributed by atoms with van der Waals surface area (Å²) in [5, 5.41) is 6.79. The van der Waals surface area contributed by atoms with Crippen LogP contribution in [0.1, 0.15) is 12.0 Å². The number of nitrogens with one attached hydrogen (secondary N) is 2. The zero-order valence-electron chi connectivity index (χ0n) is 17.3. The van der Waals surface area contributed by atoms with Crippen molar-refractivity contribution in [2.75, 3.05) is 57.8 Å². The van der Waals surface area contributed by atoms with Gasteiger partial charge < -0.3 is 20.1 Å². The van der Waals surface area contributed by atoms with E-state index in [9.17, 15) is 0 Å². The van der Waals surface area contributed by atoms with Crippen molar-refractivity contribution in [3.05, 3.63) is 54.4 Å². The Morgan fingerprint density at radius 1 is 0.964 bits per heavy atom. The van der Waals surface area contributed by atoms with E-state index in [2.05, 4.69) is 73.6 Å². The second-order valence-corrected chi connectivity index (χ2v) is 7.37. The van der Waals surface area contributed by atoms with E-state index >= 15 is 0 Å². The molecule has 0 atom stereocenters. The molecule has 0 aliphatic carbocycles. The van der Waals surface area contributed by atoms with E-state index in [4.69, 9.17) is 0 Å². The first-order valence-corrected chi connectivity index (χ1v) is 10.3. The zero-order valence-corrected chi connectivity index (χ0v) is 17.3. The van der Waals surface area contributed by atoms with E-state index in [0.717, 1.165) is 64.7 Å². The Balaban J connectivity index is 1.28. The Morgan fingerprint density at radius 2 is 1.71 bits per heavy atom. The molecule has 6 nitrogen and oxygen atoms in total. The number of guanidine groups is 1. The van der Waals surface area contributed by atoms with Crippen molar-refractivity contribution < 1.29 is 0 Å². The van der Waals surface area contributed by atoms with Crippen molar-refractivity contribution in [1.29, 1.82) is 0 Å². The number of aliphatic imine (C=N–C) groups is 1. The number of piperazine rings is 1. The van der Waals surface area contributed by atoms with Gasteiger partial charge in [-0.15, -0.1) is 0 Å². The summed E-state index contributed by atoms with van der Waals surface area (Å²) in [6.07, 6.45) is 5.29. The lowest BCUT2D eigenvalue weighted by molar-refractivity contribution is 0.255. The van der Waals surface area contributed by atoms with E-state index < -0.39 is 0 Å². The molecule has 0 radical (unpaired) electrons. The van der Waals surface area contributed by atoms with Gasteiger partial charge in [0.2, 0.25) is 0 Å². The van der Waals surface area contributed by atoms with Gasteiger partial charge in [-0.25, -0.2) is 0 Å². The molecule has 3 rings (SSSR count). The molecule has 152 valence electrons. The topological polar surface area (TPSA) is 47.8 Å². The number of aryl methyl sites for hydroxylation is 1. The Hall–Kier alpha value is -2.47. The highest BCUT2D eigenvalue weighted by atomic mass is 15.3. The number of rotatable bonds is 8. The van der Waals surface area contributed by atoms with Crippen LogP contribution in [0.25, 0.3) is 0 Å². The molecule has 0 saturated carbocycles. The van der Waals surface area contributed by atoms with Gasteiger partial charge in [-0.05, 0) is 49.7 Å². The van der Waals surface area contributed by atoms with E-state index in [-0.39, 0.29) is 0 Å². The van der Waals surface area contributed by atoms with Gasteiger partial charge >= 0.3 is 0 Å². The molecule has 0 unspecified atom stereocenters. The zero-order chi connectivity index (χ0) is 19.6. The first kappa shape index (κ1) is 20.3.